The molecule has 1 aliphatic rings. The highest BCUT2D eigenvalue weighted by Crippen LogP contribution is 2.33. The van der Waals surface area contributed by atoms with E-state index in [1.54, 1.807) is 0 Å². The largest absolute Gasteiger partial charge is 0.296 e. The van der Waals surface area contributed by atoms with E-state index in [1.807, 2.05) is 35.9 Å². The molecule has 2 aromatic heterocycles. The normalized spacial score (nSPS) is 13.0. The first-order chi connectivity index (χ1) is 14.1. The molecular formula is C20H18BrN5OS2. The van der Waals surface area contributed by atoms with E-state index in [9.17, 15) is 4.79 Å². The van der Waals surface area contributed by atoms with Gasteiger partial charge in [-0.1, -0.05) is 45.1 Å². The number of anilines is 1. The number of nitrogens with one attached hydrogen (secondary N) is 1. The van der Waals surface area contributed by atoms with Gasteiger partial charge in [0.25, 0.3) is 5.91 Å². The van der Waals surface area contributed by atoms with Gasteiger partial charge in [0, 0.05) is 15.7 Å². The Kier molecular flexibility index (Phi) is 6.04. The molecule has 148 valence electrons. The molecule has 0 spiro atoms. The number of aryl methyl sites for hydroxylation is 1. The Morgan fingerprint density at radius 3 is 3.03 bits per heavy atom. The van der Waals surface area contributed by atoms with Crippen molar-refractivity contribution < 1.29 is 4.79 Å². The fourth-order valence-corrected chi connectivity index (χ4v) is 5.61. The molecule has 0 atom stereocenters. The Labute approximate surface area is 185 Å². The minimum atomic E-state index is -0.234. The maximum absolute atomic E-state index is 13.0. The molecule has 6 nitrogen and oxygen atoms in total. The quantitative estimate of drug-likeness (QED) is 0.503. The first-order valence-corrected chi connectivity index (χ1v) is 11.8. The van der Waals surface area contributed by atoms with Crippen LogP contribution in [0, 0.1) is 18.3 Å². The first kappa shape index (κ1) is 20.1. The van der Waals surface area contributed by atoms with Crippen molar-refractivity contribution in [3.63, 3.8) is 0 Å². The van der Waals surface area contributed by atoms with Gasteiger partial charge in [0.2, 0.25) is 0 Å². The summed E-state index contributed by atoms with van der Waals surface area (Å²) in [6.07, 6.45) is 3.92. The zero-order valence-electron chi connectivity index (χ0n) is 15.7. The number of nitrogens with zero attached hydrogens (tertiary/aromatic N) is 4. The Morgan fingerprint density at radius 2 is 2.24 bits per heavy atom. The fraction of sp³-hybridized carbons (Fsp3) is 0.300. The fourth-order valence-electron chi connectivity index (χ4n) is 3.43. The van der Waals surface area contributed by atoms with Gasteiger partial charge in [0.05, 0.1) is 27.4 Å². The summed E-state index contributed by atoms with van der Waals surface area (Å²) in [5.74, 6) is 0.128. The molecule has 1 amide bonds. The van der Waals surface area contributed by atoms with Crippen LogP contribution in [-0.4, -0.2) is 26.4 Å². The number of halogens is 1. The van der Waals surface area contributed by atoms with Gasteiger partial charge < -0.3 is 0 Å². The molecule has 0 radical (unpaired) electrons. The van der Waals surface area contributed by atoms with Crippen molar-refractivity contribution >= 4 is 50.1 Å². The number of hydrogen-bond donors (Lipinski definition) is 1. The maximum atomic E-state index is 13.0. The molecule has 0 unspecified atom stereocenters. The number of amides is 1. The van der Waals surface area contributed by atoms with Crippen molar-refractivity contribution in [1.29, 1.82) is 5.26 Å². The van der Waals surface area contributed by atoms with Crippen molar-refractivity contribution in [2.45, 2.75) is 36.8 Å². The van der Waals surface area contributed by atoms with Crippen LogP contribution in [0.1, 0.15) is 40.3 Å². The van der Waals surface area contributed by atoms with Crippen LogP contribution in [-0.2, 0) is 12.8 Å². The molecule has 3 aromatic rings. The maximum Gasteiger partial charge on any atom is 0.278 e. The van der Waals surface area contributed by atoms with Gasteiger partial charge in [-0.2, -0.15) is 10.4 Å². The summed E-state index contributed by atoms with van der Waals surface area (Å²) in [7, 11) is 0. The van der Waals surface area contributed by atoms with Crippen molar-refractivity contribution in [3.05, 3.63) is 51.4 Å². The lowest BCUT2D eigenvalue weighted by molar-refractivity contribution is 0.102. The molecule has 1 aromatic carbocycles. The highest BCUT2D eigenvalue weighted by Gasteiger charge is 2.26. The molecule has 0 bridgehead atoms. The van der Waals surface area contributed by atoms with E-state index in [1.165, 1.54) is 23.1 Å². The van der Waals surface area contributed by atoms with E-state index in [2.05, 4.69) is 32.3 Å². The molecule has 0 saturated carbocycles. The number of thiazole rings is 1. The van der Waals surface area contributed by atoms with E-state index in [0.29, 0.717) is 16.6 Å². The second kappa shape index (κ2) is 8.69. The minimum absolute atomic E-state index is 0.234. The summed E-state index contributed by atoms with van der Waals surface area (Å²) in [5.41, 5.74) is 4.38. The van der Waals surface area contributed by atoms with E-state index in [0.717, 1.165) is 57.0 Å². The average Bonchev–Trinajstić information content (AvgIpc) is 3.26. The van der Waals surface area contributed by atoms with Crippen molar-refractivity contribution in [2.24, 2.45) is 0 Å². The number of nitriles is 1. The van der Waals surface area contributed by atoms with Gasteiger partial charge in [-0.25, -0.2) is 9.67 Å². The number of carbonyl (C=O) groups excluding carboxylic acids is 1. The van der Waals surface area contributed by atoms with Crippen LogP contribution in [0.25, 0.3) is 5.69 Å². The number of aromatic nitrogens is 3. The average molecular weight is 488 g/mol. The zero-order chi connectivity index (χ0) is 20.4. The van der Waals surface area contributed by atoms with Crippen LogP contribution in [0.5, 0.6) is 0 Å². The van der Waals surface area contributed by atoms with Gasteiger partial charge in [-0.3, -0.25) is 10.1 Å². The van der Waals surface area contributed by atoms with Crippen LogP contribution in [0.3, 0.4) is 0 Å². The lowest BCUT2D eigenvalue weighted by Gasteiger charge is -2.14. The van der Waals surface area contributed by atoms with E-state index in [4.69, 9.17) is 10.4 Å². The monoisotopic (exact) mass is 487 g/mol. The summed E-state index contributed by atoms with van der Waals surface area (Å²) < 4.78 is 3.82. The van der Waals surface area contributed by atoms with Crippen LogP contribution >= 0.6 is 39.0 Å². The number of fused-ring (bicyclic) bond motifs is 1. The minimum Gasteiger partial charge on any atom is -0.296 e. The van der Waals surface area contributed by atoms with E-state index >= 15 is 0 Å². The molecule has 0 fully saturated rings. The number of hydrogen-bond acceptors (Lipinski definition) is 6. The highest BCUT2D eigenvalue weighted by atomic mass is 79.9. The van der Waals surface area contributed by atoms with E-state index in [-0.39, 0.29) is 5.91 Å². The van der Waals surface area contributed by atoms with Gasteiger partial charge in [0.15, 0.2) is 10.8 Å². The van der Waals surface area contributed by atoms with Gasteiger partial charge >= 0.3 is 0 Å². The molecule has 0 saturated heterocycles. The van der Waals surface area contributed by atoms with Crippen LogP contribution in [0.15, 0.2) is 32.9 Å². The third-order valence-electron chi connectivity index (χ3n) is 4.69. The van der Waals surface area contributed by atoms with Crippen molar-refractivity contribution in [2.75, 3.05) is 11.1 Å². The molecular weight excluding hydrogens is 470 g/mol. The Morgan fingerprint density at radius 1 is 1.41 bits per heavy atom. The number of carbonyl (C=O) groups is 1. The first-order valence-electron chi connectivity index (χ1n) is 9.22. The lowest BCUT2D eigenvalue weighted by Crippen LogP contribution is -2.15. The van der Waals surface area contributed by atoms with Gasteiger partial charge in [0.1, 0.15) is 0 Å². The highest BCUT2D eigenvalue weighted by molar-refractivity contribution is 9.10. The molecule has 0 aliphatic heterocycles. The number of benzene rings is 1. The van der Waals surface area contributed by atoms with Crippen LogP contribution in [0.2, 0.25) is 0 Å². The predicted octanol–water partition coefficient (Wildman–Crippen LogP) is 5.15. The zero-order valence-corrected chi connectivity index (χ0v) is 19.0. The number of thioether (sulfide) groups is 1. The lowest BCUT2D eigenvalue weighted by atomic mass is 9.95. The molecule has 1 aliphatic carbocycles. The third-order valence-corrected chi connectivity index (χ3v) is 7.49. The predicted molar refractivity (Wildman–Crippen MR) is 119 cm³/mol. The Bertz CT molecular complexity index is 1110. The van der Waals surface area contributed by atoms with E-state index < -0.39 is 0 Å². The molecule has 2 heterocycles. The second-order valence-electron chi connectivity index (χ2n) is 6.67. The Hall–Kier alpha value is -2.15. The van der Waals surface area contributed by atoms with Gasteiger partial charge in [-0.05, 0) is 50.8 Å². The molecule has 9 heteroatoms. The van der Waals surface area contributed by atoms with Gasteiger partial charge in [-0.15, -0.1) is 0 Å². The van der Waals surface area contributed by atoms with Crippen molar-refractivity contribution in [3.8, 4) is 11.8 Å². The smallest absolute Gasteiger partial charge is 0.278 e. The topological polar surface area (TPSA) is 83.6 Å². The molecule has 1 N–H and O–H groups in total. The standard InChI is InChI=1S/C20H18BrN5OS2/c1-12-19(28-10-9-22)29-20(23-12)24-18(27)17-15-7-2-3-8-16(15)26(25-17)14-6-4-5-13(21)11-14/h4-6,11H,2-3,7-8,10H2,1H3,(H,23,24,27). The second-order valence-corrected chi connectivity index (χ2v) is 9.82. The summed E-state index contributed by atoms with van der Waals surface area (Å²) in [6, 6.07) is 10.1. The Balaban J connectivity index is 1.65. The van der Waals surface area contributed by atoms with Crippen LogP contribution in [0.4, 0.5) is 5.13 Å². The molecule has 29 heavy (non-hydrogen) atoms. The summed E-state index contributed by atoms with van der Waals surface area (Å²) in [5, 5.41) is 16.9. The molecule has 4 rings (SSSR count). The number of rotatable bonds is 5. The SMILES string of the molecule is Cc1nc(NC(=O)c2nn(-c3cccc(Br)c3)c3c2CCCC3)sc1SCC#N. The summed E-state index contributed by atoms with van der Waals surface area (Å²) >= 11 is 6.34. The summed E-state index contributed by atoms with van der Waals surface area (Å²) in [4.78, 5) is 17.5. The van der Waals surface area contributed by atoms with Crippen LogP contribution < -0.4 is 5.32 Å². The third kappa shape index (κ3) is 4.25. The summed E-state index contributed by atoms with van der Waals surface area (Å²) in [6.45, 7) is 1.88. The van der Waals surface area contributed by atoms with Crippen molar-refractivity contribution in [1.82, 2.24) is 14.8 Å².